The van der Waals surface area contributed by atoms with E-state index >= 15 is 0 Å². The van der Waals surface area contributed by atoms with Crippen molar-refractivity contribution in [2.75, 3.05) is 13.1 Å². The molecule has 0 saturated carbocycles. The van der Waals surface area contributed by atoms with Gasteiger partial charge < -0.3 is 15.2 Å². The SMILES string of the molecule is CC(C)[C@H]1C(=O)NCCN1C(=O)c1c[nH]c(=O)c2ccccc12. The summed E-state index contributed by atoms with van der Waals surface area (Å²) in [4.78, 5) is 41.3. The zero-order valence-corrected chi connectivity index (χ0v) is 13.1. The molecule has 120 valence electrons. The molecule has 1 atom stereocenters. The molecule has 0 unspecified atom stereocenters. The fourth-order valence-corrected chi connectivity index (χ4v) is 3.12. The fourth-order valence-electron chi connectivity index (χ4n) is 3.12. The lowest BCUT2D eigenvalue weighted by Gasteiger charge is -2.37. The Hall–Kier alpha value is -2.63. The van der Waals surface area contributed by atoms with E-state index in [4.69, 9.17) is 0 Å². The van der Waals surface area contributed by atoms with Gasteiger partial charge in [0.05, 0.1) is 5.56 Å². The van der Waals surface area contributed by atoms with Crippen LogP contribution in [-0.4, -0.2) is 40.8 Å². The van der Waals surface area contributed by atoms with Gasteiger partial charge in [-0.2, -0.15) is 0 Å². The molecular weight excluding hydrogens is 294 g/mol. The first-order valence-electron chi connectivity index (χ1n) is 7.70. The number of aromatic amines is 1. The minimum atomic E-state index is -0.498. The van der Waals surface area contributed by atoms with Crippen molar-refractivity contribution in [1.29, 1.82) is 0 Å². The molecule has 2 amide bonds. The van der Waals surface area contributed by atoms with Crippen molar-refractivity contribution < 1.29 is 9.59 Å². The van der Waals surface area contributed by atoms with Gasteiger partial charge in [-0.3, -0.25) is 14.4 Å². The van der Waals surface area contributed by atoms with Crippen molar-refractivity contribution in [3.8, 4) is 0 Å². The van der Waals surface area contributed by atoms with Gasteiger partial charge in [-0.25, -0.2) is 0 Å². The van der Waals surface area contributed by atoms with Crippen molar-refractivity contribution in [1.82, 2.24) is 15.2 Å². The summed E-state index contributed by atoms with van der Waals surface area (Å²) >= 11 is 0. The molecule has 1 aromatic carbocycles. The number of fused-ring (bicyclic) bond motifs is 1. The Balaban J connectivity index is 2.08. The monoisotopic (exact) mass is 313 g/mol. The standard InChI is InChI=1S/C17H19N3O3/c1-10(2)14-16(22)18-7-8-20(14)17(23)13-9-19-15(21)12-6-4-3-5-11(12)13/h3-6,9-10,14H,7-8H2,1-2H3,(H,18,22)(H,19,21)/t14-/m0/s1. The summed E-state index contributed by atoms with van der Waals surface area (Å²) in [5.41, 5.74) is 0.189. The molecule has 1 aromatic heterocycles. The van der Waals surface area contributed by atoms with Crippen LogP contribution in [0.4, 0.5) is 0 Å². The molecule has 6 nitrogen and oxygen atoms in total. The number of rotatable bonds is 2. The molecule has 23 heavy (non-hydrogen) atoms. The highest BCUT2D eigenvalue weighted by Gasteiger charge is 2.36. The Labute approximate surface area is 133 Å². The Bertz CT molecular complexity index is 825. The Morgan fingerprint density at radius 3 is 2.61 bits per heavy atom. The van der Waals surface area contributed by atoms with Crippen LogP contribution in [0.2, 0.25) is 0 Å². The lowest BCUT2D eigenvalue weighted by Crippen LogP contribution is -2.59. The zero-order valence-electron chi connectivity index (χ0n) is 13.1. The summed E-state index contributed by atoms with van der Waals surface area (Å²) in [6, 6.07) is 6.50. The van der Waals surface area contributed by atoms with E-state index in [0.29, 0.717) is 29.4 Å². The zero-order chi connectivity index (χ0) is 16.6. The van der Waals surface area contributed by atoms with Crippen LogP contribution >= 0.6 is 0 Å². The molecule has 1 fully saturated rings. The predicted octanol–water partition coefficient (Wildman–Crippen LogP) is 1.12. The minimum Gasteiger partial charge on any atom is -0.353 e. The van der Waals surface area contributed by atoms with Gasteiger partial charge in [-0.15, -0.1) is 0 Å². The van der Waals surface area contributed by atoms with Gasteiger partial charge in [0.2, 0.25) is 5.91 Å². The smallest absolute Gasteiger partial charge is 0.256 e. The van der Waals surface area contributed by atoms with Gasteiger partial charge >= 0.3 is 0 Å². The van der Waals surface area contributed by atoms with Crippen LogP contribution < -0.4 is 10.9 Å². The molecule has 0 bridgehead atoms. The Morgan fingerprint density at radius 2 is 1.91 bits per heavy atom. The summed E-state index contributed by atoms with van der Waals surface area (Å²) in [7, 11) is 0. The van der Waals surface area contributed by atoms with E-state index in [-0.39, 0.29) is 23.3 Å². The molecule has 0 radical (unpaired) electrons. The van der Waals surface area contributed by atoms with Gasteiger partial charge in [0, 0.05) is 30.1 Å². The maximum absolute atomic E-state index is 13.0. The molecule has 3 rings (SSSR count). The third-order valence-electron chi connectivity index (χ3n) is 4.19. The number of H-pyrrole nitrogens is 1. The van der Waals surface area contributed by atoms with Crippen LogP contribution in [0.5, 0.6) is 0 Å². The summed E-state index contributed by atoms with van der Waals surface area (Å²) in [6.45, 7) is 4.73. The topological polar surface area (TPSA) is 82.3 Å². The molecule has 2 N–H and O–H groups in total. The number of nitrogens with one attached hydrogen (secondary N) is 2. The largest absolute Gasteiger partial charge is 0.353 e. The predicted molar refractivity (Wildman–Crippen MR) is 87.2 cm³/mol. The minimum absolute atomic E-state index is 0.00766. The maximum atomic E-state index is 13.0. The molecule has 2 heterocycles. The van der Waals surface area contributed by atoms with E-state index < -0.39 is 6.04 Å². The summed E-state index contributed by atoms with van der Waals surface area (Å²) in [6.07, 6.45) is 1.44. The third kappa shape index (κ3) is 2.60. The quantitative estimate of drug-likeness (QED) is 0.872. The highest BCUT2D eigenvalue weighted by atomic mass is 16.2. The Morgan fingerprint density at radius 1 is 1.22 bits per heavy atom. The van der Waals surface area contributed by atoms with E-state index in [2.05, 4.69) is 10.3 Å². The fraction of sp³-hybridized carbons (Fsp3) is 0.353. The van der Waals surface area contributed by atoms with Crippen molar-refractivity contribution in [3.05, 3.63) is 46.4 Å². The van der Waals surface area contributed by atoms with Crippen molar-refractivity contribution in [2.45, 2.75) is 19.9 Å². The first-order valence-corrected chi connectivity index (χ1v) is 7.70. The number of nitrogens with zero attached hydrogens (tertiary/aromatic N) is 1. The van der Waals surface area contributed by atoms with Gasteiger partial charge in [-0.05, 0) is 12.0 Å². The number of amides is 2. The van der Waals surface area contributed by atoms with Gasteiger partial charge in [0.1, 0.15) is 6.04 Å². The molecule has 1 aliphatic heterocycles. The van der Waals surface area contributed by atoms with E-state index in [1.807, 2.05) is 13.8 Å². The van der Waals surface area contributed by atoms with E-state index in [9.17, 15) is 14.4 Å². The van der Waals surface area contributed by atoms with Gasteiger partial charge in [0.25, 0.3) is 11.5 Å². The normalized spacial score (nSPS) is 18.3. The van der Waals surface area contributed by atoms with Gasteiger partial charge in [-0.1, -0.05) is 32.0 Å². The number of carbonyl (C=O) groups is 2. The van der Waals surface area contributed by atoms with Crippen LogP contribution in [0.15, 0.2) is 35.3 Å². The van der Waals surface area contributed by atoms with E-state index in [1.54, 1.807) is 29.2 Å². The van der Waals surface area contributed by atoms with Crippen LogP contribution in [0, 0.1) is 5.92 Å². The van der Waals surface area contributed by atoms with Crippen LogP contribution in [-0.2, 0) is 4.79 Å². The number of carbonyl (C=O) groups excluding carboxylic acids is 2. The number of hydrogen-bond donors (Lipinski definition) is 2. The first kappa shape index (κ1) is 15.3. The highest BCUT2D eigenvalue weighted by molar-refractivity contribution is 6.07. The Kier molecular flexibility index (Phi) is 3.90. The number of piperazine rings is 1. The van der Waals surface area contributed by atoms with E-state index in [0.717, 1.165) is 0 Å². The molecule has 2 aromatic rings. The number of pyridine rings is 1. The molecular formula is C17H19N3O3. The molecule has 0 aliphatic carbocycles. The molecule has 1 saturated heterocycles. The summed E-state index contributed by atoms with van der Waals surface area (Å²) in [5.74, 6) is -0.354. The molecule has 0 spiro atoms. The third-order valence-corrected chi connectivity index (χ3v) is 4.19. The van der Waals surface area contributed by atoms with Crippen LogP contribution in [0.25, 0.3) is 10.8 Å². The van der Waals surface area contributed by atoms with Crippen LogP contribution in [0.3, 0.4) is 0 Å². The second-order valence-electron chi connectivity index (χ2n) is 6.06. The highest BCUT2D eigenvalue weighted by Crippen LogP contribution is 2.21. The van der Waals surface area contributed by atoms with Crippen LogP contribution in [0.1, 0.15) is 24.2 Å². The average Bonchev–Trinajstić information content (AvgIpc) is 2.54. The lowest BCUT2D eigenvalue weighted by molar-refractivity contribution is -0.129. The number of aromatic nitrogens is 1. The second-order valence-corrected chi connectivity index (χ2v) is 6.06. The van der Waals surface area contributed by atoms with Crippen molar-refractivity contribution in [2.24, 2.45) is 5.92 Å². The summed E-state index contributed by atoms with van der Waals surface area (Å²) < 4.78 is 0. The van der Waals surface area contributed by atoms with Crippen molar-refractivity contribution >= 4 is 22.6 Å². The van der Waals surface area contributed by atoms with E-state index in [1.165, 1.54) is 6.20 Å². The first-order chi connectivity index (χ1) is 11.0. The lowest BCUT2D eigenvalue weighted by atomic mass is 9.98. The van der Waals surface area contributed by atoms with Gasteiger partial charge in [0.15, 0.2) is 0 Å². The molecule has 6 heteroatoms. The maximum Gasteiger partial charge on any atom is 0.256 e. The van der Waals surface area contributed by atoms with Crippen molar-refractivity contribution in [3.63, 3.8) is 0 Å². The summed E-state index contributed by atoms with van der Waals surface area (Å²) in [5, 5.41) is 3.88. The second kappa shape index (κ2) is 5.87. The molecule has 1 aliphatic rings. The average molecular weight is 313 g/mol. The number of hydrogen-bond acceptors (Lipinski definition) is 3. The number of benzene rings is 1.